The number of hydrogen-bond acceptors (Lipinski definition) is 1. The molecule has 1 N–H and O–H groups in total. The summed E-state index contributed by atoms with van der Waals surface area (Å²) in [5.41, 5.74) is 4.83. The predicted molar refractivity (Wildman–Crippen MR) is 86.8 cm³/mol. The number of para-hydroxylation sites is 1. The molecule has 1 amide bonds. The second-order valence-electron chi connectivity index (χ2n) is 5.44. The molecule has 0 aliphatic rings. The van der Waals surface area contributed by atoms with E-state index in [2.05, 4.69) is 5.32 Å². The fourth-order valence-corrected chi connectivity index (χ4v) is 2.58. The number of aryl methyl sites for hydroxylation is 3. The zero-order valence-corrected chi connectivity index (χ0v) is 12.5. The van der Waals surface area contributed by atoms with Crippen molar-refractivity contribution in [2.24, 2.45) is 7.05 Å². The summed E-state index contributed by atoms with van der Waals surface area (Å²) in [7, 11) is 1.96. The molecular weight excluding hydrogens is 260 g/mol. The van der Waals surface area contributed by atoms with Crippen molar-refractivity contribution in [2.75, 3.05) is 5.32 Å². The number of rotatable bonds is 2. The van der Waals surface area contributed by atoms with E-state index in [-0.39, 0.29) is 5.91 Å². The molecule has 0 fully saturated rings. The molecule has 106 valence electrons. The lowest BCUT2D eigenvalue weighted by Gasteiger charge is -2.08. The third-order valence-electron chi connectivity index (χ3n) is 3.78. The van der Waals surface area contributed by atoms with Gasteiger partial charge in [0.1, 0.15) is 0 Å². The average molecular weight is 278 g/mol. The first-order valence-electron chi connectivity index (χ1n) is 6.99. The summed E-state index contributed by atoms with van der Waals surface area (Å²) in [5, 5.41) is 4.00. The minimum atomic E-state index is -0.0690. The molecule has 0 spiro atoms. The van der Waals surface area contributed by atoms with Crippen molar-refractivity contribution in [3.8, 4) is 0 Å². The number of carbonyl (C=O) groups is 1. The van der Waals surface area contributed by atoms with Gasteiger partial charge in [-0.3, -0.25) is 4.79 Å². The van der Waals surface area contributed by atoms with E-state index in [0.29, 0.717) is 5.56 Å². The lowest BCUT2D eigenvalue weighted by Crippen LogP contribution is -2.12. The highest BCUT2D eigenvalue weighted by Gasteiger charge is 2.14. The maximum Gasteiger partial charge on any atom is 0.257 e. The number of nitrogens with zero attached hydrogens (tertiary/aromatic N) is 1. The Hall–Kier alpha value is -2.55. The number of amides is 1. The monoisotopic (exact) mass is 278 g/mol. The first kappa shape index (κ1) is 13.4. The number of carbonyl (C=O) groups excluding carboxylic acids is 1. The van der Waals surface area contributed by atoms with Gasteiger partial charge in [0, 0.05) is 29.8 Å². The average Bonchev–Trinajstić information content (AvgIpc) is 2.81. The molecule has 3 aromatic rings. The fraction of sp³-hybridized carbons (Fsp3) is 0.167. The van der Waals surface area contributed by atoms with Crippen LogP contribution in [0.15, 0.2) is 48.7 Å². The van der Waals surface area contributed by atoms with Gasteiger partial charge in [-0.25, -0.2) is 0 Å². The minimum Gasteiger partial charge on any atom is -0.350 e. The highest BCUT2D eigenvalue weighted by Crippen LogP contribution is 2.23. The van der Waals surface area contributed by atoms with Crippen molar-refractivity contribution in [1.29, 1.82) is 0 Å². The summed E-state index contributed by atoms with van der Waals surface area (Å²) in [6.45, 7) is 4.02. The Morgan fingerprint density at radius 3 is 2.67 bits per heavy atom. The van der Waals surface area contributed by atoms with Gasteiger partial charge in [0.05, 0.1) is 5.56 Å². The van der Waals surface area contributed by atoms with Gasteiger partial charge in [-0.1, -0.05) is 30.3 Å². The standard InChI is InChI=1S/C18H18N2O/c1-12-8-9-13(2)16(10-12)19-18(21)15-11-20(3)17-7-5-4-6-14(15)17/h4-11H,1-3H3,(H,19,21). The van der Waals surface area contributed by atoms with Crippen LogP contribution in [0, 0.1) is 13.8 Å². The van der Waals surface area contributed by atoms with Crippen LogP contribution in [0.4, 0.5) is 5.69 Å². The lowest BCUT2D eigenvalue weighted by molar-refractivity contribution is 0.102. The van der Waals surface area contributed by atoms with Crippen LogP contribution >= 0.6 is 0 Å². The van der Waals surface area contributed by atoms with Crippen LogP contribution in [-0.2, 0) is 7.05 Å². The topological polar surface area (TPSA) is 34.0 Å². The SMILES string of the molecule is Cc1ccc(C)c(NC(=O)c2cn(C)c3ccccc23)c1. The Kier molecular flexibility index (Phi) is 3.26. The number of benzene rings is 2. The van der Waals surface area contributed by atoms with E-state index in [1.54, 1.807) is 0 Å². The molecule has 1 heterocycles. The second-order valence-corrected chi connectivity index (χ2v) is 5.44. The van der Waals surface area contributed by atoms with Crippen LogP contribution in [0.25, 0.3) is 10.9 Å². The van der Waals surface area contributed by atoms with E-state index in [9.17, 15) is 4.79 Å². The number of nitrogens with one attached hydrogen (secondary N) is 1. The van der Waals surface area contributed by atoms with Crippen molar-refractivity contribution in [1.82, 2.24) is 4.57 Å². The largest absolute Gasteiger partial charge is 0.350 e. The smallest absolute Gasteiger partial charge is 0.257 e. The molecule has 0 saturated heterocycles. The van der Waals surface area contributed by atoms with Crippen molar-refractivity contribution >= 4 is 22.5 Å². The first-order valence-corrected chi connectivity index (χ1v) is 6.99. The van der Waals surface area contributed by atoms with Crippen molar-refractivity contribution < 1.29 is 4.79 Å². The molecule has 0 bridgehead atoms. The Labute approximate surface area is 124 Å². The molecule has 0 aliphatic carbocycles. The van der Waals surface area contributed by atoms with E-state index in [1.165, 1.54) is 0 Å². The molecule has 2 aromatic carbocycles. The van der Waals surface area contributed by atoms with Crippen LogP contribution in [0.1, 0.15) is 21.5 Å². The molecule has 0 saturated carbocycles. The Morgan fingerprint density at radius 2 is 1.86 bits per heavy atom. The van der Waals surface area contributed by atoms with Crippen molar-refractivity contribution in [3.63, 3.8) is 0 Å². The number of aromatic nitrogens is 1. The molecule has 1 aromatic heterocycles. The van der Waals surface area contributed by atoms with E-state index >= 15 is 0 Å². The van der Waals surface area contributed by atoms with Crippen LogP contribution in [0.2, 0.25) is 0 Å². The molecular formula is C18H18N2O. The molecule has 3 heteroatoms. The maximum atomic E-state index is 12.6. The highest BCUT2D eigenvalue weighted by molar-refractivity contribution is 6.13. The number of fused-ring (bicyclic) bond motifs is 1. The van der Waals surface area contributed by atoms with Crippen LogP contribution in [-0.4, -0.2) is 10.5 Å². The van der Waals surface area contributed by atoms with Crippen LogP contribution < -0.4 is 5.32 Å². The molecule has 0 atom stereocenters. The van der Waals surface area contributed by atoms with Gasteiger partial charge in [-0.05, 0) is 37.1 Å². The van der Waals surface area contributed by atoms with Crippen molar-refractivity contribution in [3.05, 3.63) is 65.4 Å². The lowest BCUT2D eigenvalue weighted by atomic mass is 10.1. The zero-order chi connectivity index (χ0) is 15.0. The molecule has 21 heavy (non-hydrogen) atoms. The first-order chi connectivity index (χ1) is 10.1. The van der Waals surface area contributed by atoms with Gasteiger partial charge in [-0.2, -0.15) is 0 Å². The van der Waals surface area contributed by atoms with Gasteiger partial charge in [0.15, 0.2) is 0 Å². The fourth-order valence-electron chi connectivity index (χ4n) is 2.58. The van der Waals surface area contributed by atoms with Crippen LogP contribution in [0.3, 0.4) is 0 Å². The van der Waals surface area contributed by atoms with Gasteiger partial charge < -0.3 is 9.88 Å². The zero-order valence-electron chi connectivity index (χ0n) is 12.5. The quantitative estimate of drug-likeness (QED) is 0.754. The molecule has 0 aliphatic heterocycles. The van der Waals surface area contributed by atoms with Crippen molar-refractivity contribution in [2.45, 2.75) is 13.8 Å². The normalized spacial score (nSPS) is 10.8. The van der Waals surface area contributed by atoms with E-state index < -0.39 is 0 Å². The summed E-state index contributed by atoms with van der Waals surface area (Å²) in [4.78, 5) is 12.6. The van der Waals surface area contributed by atoms with Crippen LogP contribution in [0.5, 0.6) is 0 Å². The minimum absolute atomic E-state index is 0.0690. The Bertz CT molecular complexity index is 830. The highest BCUT2D eigenvalue weighted by atomic mass is 16.1. The third-order valence-corrected chi connectivity index (χ3v) is 3.78. The maximum absolute atomic E-state index is 12.6. The summed E-state index contributed by atoms with van der Waals surface area (Å²) < 4.78 is 1.98. The number of hydrogen-bond donors (Lipinski definition) is 1. The molecule has 3 nitrogen and oxygen atoms in total. The van der Waals surface area contributed by atoms with E-state index in [4.69, 9.17) is 0 Å². The second kappa shape index (κ2) is 5.09. The molecule has 0 radical (unpaired) electrons. The van der Waals surface area contributed by atoms with Gasteiger partial charge in [0.25, 0.3) is 5.91 Å². The molecule has 0 unspecified atom stereocenters. The van der Waals surface area contributed by atoms with Gasteiger partial charge in [-0.15, -0.1) is 0 Å². The Morgan fingerprint density at radius 1 is 1.10 bits per heavy atom. The predicted octanol–water partition coefficient (Wildman–Crippen LogP) is 4.05. The molecule has 3 rings (SSSR count). The summed E-state index contributed by atoms with van der Waals surface area (Å²) in [6, 6.07) is 14.0. The van der Waals surface area contributed by atoms with Gasteiger partial charge >= 0.3 is 0 Å². The van der Waals surface area contributed by atoms with E-state index in [1.807, 2.05) is 74.1 Å². The Balaban J connectivity index is 2.00. The van der Waals surface area contributed by atoms with Gasteiger partial charge in [0.2, 0.25) is 0 Å². The number of anilines is 1. The summed E-state index contributed by atoms with van der Waals surface area (Å²) in [6.07, 6.45) is 1.88. The van der Waals surface area contributed by atoms with E-state index in [0.717, 1.165) is 27.7 Å². The summed E-state index contributed by atoms with van der Waals surface area (Å²) >= 11 is 0. The summed E-state index contributed by atoms with van der Waals surface area (Å²) in [5.74, 6) is -0.0690. The third kappa shape index (κ3) is 2.42.